The molecule has 1 aromatic carbocycles. The summed E-state index contributed by atoms with van der Waals surface area (Å²) in [6.45, 7) is 2.29. The zero-order valence-corrected chi connectivity index (χ0v) is 8.33. The summed E-state index contributed by atoms with van der Waals surface area (Å²) >= 11 is 0. The van der Waals surface area contributed by atoms with Crippen LogP contribution in [0.4, 0.5) is 4.39 Å². The Balaban J connectivity index is 2.29. The van der Waals surface area contributed by atoms with E-state index in [1.165, 1.54) is 19.1 Å². The maximum atomic E-state index is 13.4. The minimum absolute atomic E-state index is 0.0401. The first-order valence-corrected chi connectivity index (χ1v) is 4.72. The van der Waals surface area contributed by atoms with Gasteiger partial charge in [-0.15, -0.1) is 0 Å². The Kier molecular flexibility index (Phi) is 2.68. The van der Waals surface area contributed by atoms with Crippen LogP contribution in [0.3, 0.4) is 0 Å². The number of hydrogen-bond donors (Lipinski definition) is 0. The topological polar surface area (TPSA) is 35.5 Å². The lowest BCUT2D eigenvalue weighted by Crippen LogP contribution is -2.39. The summed E-state index contributed by atoms with van der Waals surface area (Å²) in [6.07, 6.45) is -0.139. The first-order valence-electron chi connectivity index (χ1n) is 4.72. The third-order valence-corrected chi connectivity index (χ3v) is 2.24. The van der Waals surface area contributed by atoms with Crippen molar-refractivity contribution in [2.75, 3.05) is 13.2 Å². The second-order valence-corrected chi connectivity index (χ2v) is 3.45. The Hall–Kier alpha value is -1.42. The Morgan fingerprint density at radius 1 is 1.53 bits per heavy atom. The standard InChI is InChI=1S/C11H11FO3/c1-7(13)9-3-2-4-10(12)11(9)15-8-5-14-6-8/h2-4,8H,5-6H2,1H3. The molecule has 1 aliphatic rings. The number of hydrogen-bond acceptors (Lipinski definition) is 3. The minimum atomic E-state index is -0.505. The Morgan fingerprint density at radius 3 is 2.80 bits per heavy atom. The smallest absolute Gasteiger partial charge is 0.166 e. The zero-order chi connectivity index (χ0) is 10.8. The van der Waals surface area contributed by atoms with E-state index in [9.17, 15) is 9.18 Å². The van der Waals surface area contributed by atoms with Crippen LogP contribution in [0.15, 0.2) is 18.2 Å². The molecule has 0 radical (unpaired) electrons. The van der Waals surface area contributed by atoms with Gasteiger partial charge in [0.05, 0.1) is 18.8 Å². The highest BCUT2D eigenvalue weighted by Crippen LogP contribution is 2.25. The molecular weight excluding hydrogens is 199 g/mol. The van der Waals surface area contributed by atoms with Crippen molar-refractivity contribution in [3.63, 3.8) is 0 Å². The third-order valence-electron chi connectivity index (χ3n) is 2.24. The number of carbonyl (C=O) groups excluding carboxylic acids is 1. The van der Waals surface area contributed by atoms with Crippen LogP contribution in [0, 0.1) is 5.82 Å². The number of rotatable bonds is 3. The van der Waals surface area contributed by atoms with E-state index < -0.39 is 5.82 Å². The van der Waals surface area contributed by atoms with Crippen molar-refractivity contribution in [2.45, 2.75) is 13.0 Å². The predicted molar refractivity (Wildman–Crippen MR) is 51.6 cm³/mol. The number of halogens is 1. The third kappa shape index (κ3) is 1.99. The molecule has 0 N–H and O–H groups in total. The van der Waals surface area contributed by atoms with Gasteiger partial charge in [0, 0.05) is 0 Å². The number of ether oxygens (including phenoxy) is 2. The van der Waals surface area contributed by atoms with Crippen LogP contribution in [-0.4, -0.2) is 25.1 Å². The van der Waals surface area contributed by atoms with Gasteiger partial charge in [0.25, 0.3) is 0 Å². The molecule has 1 aromatic rings. The molecule has 0 aromatic heterocycles. The van der Waals surface area contributed by atoms with E-state index in [4.69, 9.17) is 9.47 Å². The molecular formula is C11H11FO3. The highest BCUT2D eigenvalue weighted by Gasteiger charge is 2.24. The summed E-state index contributed by atoms with van der Waals surface area (Å²) in [5.41, 5.74) is 0.280. The first-order chi connectivity index (χ1) is 7.18. The molecule has 4 heteroatoms. The molecule has 0 bridgehead atoms. The highest BCUT2D eigenvalue weighted by atomic mass is 19.1. The van der Waals surface area contributed by atoms with Crippen LogP contribution in [0.2, 0.25) is 0 Å². The van der Waals surface area contributed by atoms with Gasteiger partial charge in [0.2, 0.25) is 0 Å². The fourth-order valence-corrected chi connectivity index (χ4v) is 1.35. The summed E-state index contributed by atoms with van der Waals surface area (Å²) in [5.74, 6) is -0.669. The number of carbonyl (C=O) groups is 1. The molecule has 1 aliphatic heterocycles. The summed E-state index contributed by atoms with van der Waals surface area (Å²) in [6, 6.07) is 4.33. The average molecular weight is 210 g/mol. The van der Waals surface area contributed by atoms with Crippen molar-refractivity contribution in [1.82, 2.24) is 0 Å². The molecule has 1 fully saturated rings. The molecule has 0 aliphatic carbocycles. The van der Waals surface area contributed by atoms with Crippen LogP contribution >= 0.6 is 0 Å². The van der Waals surface area contributed by atoms with Crippen molar-refractivity contribution in [3.8, 4) is 5.75 Å². The van der Waals surface area contributed by atoms with Crippen LogP contribution < -0.4 is 4.74 Å². The normalized spacial score (nSPS) is 15.9. The number of Topliss-reactive ketones (excluding diaryl/α,β-unsaturated/α-hetero) is 1. The Morgan fingerprint density at radius 2 is 2.27 bits per heavy atom. The van der Waals surface area contributed by atoms with Gasteiger partial charge in [-0.1, -0.05) is 6.07 Å². The van der Waals surface area contributed by atoms with Crippen molar-refractivity contribution in [2.24, 2.45) is 0 Å². The first kappa shape index (κ1) is 10.1. The van der Waals surface area contributed by atoms with E-state index in [-0.39, 0.29) is 23.2 Å². The van der Waals surface area contributed by atoms with Crippen molar-refractivity contribution < 1.29 is 18.7 Å². The van der Waals surface area contributed by atoms with Gasteiger partial charge < -0.3 is 9.47 Å². The molecule has 2 rings (SSSR count). The highest BCUT2D eigenvalue weighted by molar-refractivity contribution is 5.96. The Bertz CT molecular complexity index is 385. The second-order valence-electron chi connectivity index (χ2n) is 3.45. The lowest BCUT2D eigenvalue weighted by Gasteiger charge is -2.27. The molecule has 1 saturated heterocycles. The van der Waals surface area contributed by atoms with Crippen LogP contribution in [-0.2, 0) is 4.74 Å². The average Bonchev–Trinajstić information content (AvgIpc) is 2.12. The van der Waals surface area contributed by atoms with E-state index in [1.54, 1.807) is 6.07 Å². The monoisotopic (exact) mass is 210 g/mol. The quantitative estimate of drug-likeness (QED) is 0.714. The maximum absolute atomic E-state index is 13.4. The van der Waals surface area contributed by atoms with Gasteiger partial charge in [-0.25, -0.2) is 4.39 Å². The van der Waals surface area contributed by atoms with Crippen LogP contribution in [0.1, 0.15) is 17.3 Å². The zero-order valence-electron chi connectivity index (χ0n) is 8.33. The summed E-state index contributed by atoms with van der Waals surface area (Å²) in [5, 5.41) is 0. The van der Waals surface area contributed by atoms with E-state index in [2.05, 4.69) is 0 Å². The molecule has 15 heavy (non-hydrogen) atoms. The fourth-order valence-electron chi connectivity index (χ4n) is 1.35. The molecule has 0 atom stereocenters. The van der Waals surface area contributed by atoms with E-state index in [0.717, 1.165) is 0 Å². The van der Waals surface area contributed by atoms with Crippen LogP contribution in [0.5, 0.6) is 5.75 Å². The molecule has 0 unspecified atom stereocenters. The second kappa shape index (κ2) is 3.98. The van der Waals surface area contributed by atoms with Gasteiger partial charge >= 0.3 is 0 Å². The van der Waals surface area contributed by atoms with Gasteiger partial charge in [0.1, 0.15) is 6.10 Å². The van der Waals surface area contributed by atoms with Crippen molar-refractivity contribution >= 4 is 5.78 Å². The molecule has 1 heterocycles. The van der Waals surface area contributed by atoms with Crippen molar-refractivity contribution in [3.05, 3.63) is 29.6 Å². The van der Waals surface area contributed by atoms with Crippen molar-refractivity contribution in [1.29, 1.82) is 0 Å². The van der Waals surface area contributed by atoms with Gasteiger partial charge in [-0.3, -0.25) is 4.79 Å². The summed E-state index contributed by atoms with van der Waals surface area (Å²) in [4.78, 5) is 11.2. The number of ketones is 1. The predicted octanol–water partition coefficient (Wildman–Crippen LogP) is 1.81. The summed E-state index contributed by atoms with van der Waals surface area (Å²) in [7, 11) is 0. The molecule has 0 spiro atoms. The van der Waals surface area contributed by atoms with Gasteiger partial charge in [-0.2, -0.15) is 0 Å². The van der Waals surface area contributed by atoms with Gasteiger partial charge in [-0.05, 0) is 19.1 Å². The molecule has 0 saturated carbocycles. The number of benzene rings is 1. The van der Waals surface area contributed by atoms with E-state index in [1.807, 2.05) is 0 Å². The lowest BCUT2D eigenvalue weighted by molar-refractivity contribution is -0.0810. The van der Waals surface area contributed by atoms with Gasteiger partial charge in [0.15, 0.2) is 17.3 Å². The van der Waals surface area contributed by atoms with E-state index in [0.29, 0.717) is 13.2 Å². The Labute approximate surface area is 86.8 Å². The molecule has 0 amide bonds. The lowest BCUT2D eigenvalue weighted by atomic mass is 10.1. The van der Waals surface area contributed by atoms with E-state index >= 15 is 0 Å². The molecule has 80 valence electrons. The number of para-hydroxylation sites is 1. The maximum Gasteiger partial charge on any atom is 0.166 e. The molecule has 3 nitrogen and oxygen atoms in total. The fraction of sp³-hybridized carbons (Fsp3) is 0.364. The summed E-state index contributed by atoms with van der Waals surface area (Å²) < 4.78 is 23.7. The van der Waals surface area contributed by atoms with Crippen LogP contribution in [0.25, 0.3) is 0 Å². The minimum Gasteiger partial charge on any atom is -0.482 e. The SMILES string of the molecule is CC(=O)c1cccc(F)c1OC1COC1. The largest absolute Gasteiger partial charge is 0.482 e.